The third-order valence-electron chi connectivity index (χ3n) is 7.03. The number of carbonyl (C=O) groups is 1. The summed E-state index contributed by atoms with van der Waals surface area (Å²) in [5.74, 6) is 0.138. The van der Waals surface area contributed by atoms with Crippen LogP contribution in [0.1, 0.15) is 55.7 Å². The number of pyridine rings is 1. The van der Waals surface area contributed by atoms with E-state index in [1.807, 2.05) is 18.2 Å². The van der Waals surface area contributed by atoms with Crippen LogP contribution in [0.4, 0.5) is 4.39 Å². The van der Waals surface area contributed by atoms with Gasteiger partial charge >= 0.3 is 0 Å². The summed E-state index contributed by atoms with van der Waals surface area (Å²) in [6, 6.07) is 10.9. The van der Waals surface area contributed by atoms with E-state index in [-0.39, 0.29) is 17.7 Å². The van der Waals surface area contributed by atoms with Gasteiger partial charge in [-0.25, -0.2) is 4.39 Å². The maximum atomic E-state index is 14.0. The van der Waals surface area contributed by atoms with Gasteiger partial charge in [0.15, 0.2) is 0 Å². The van der Waals surface area contributed by atoms with Crippen LogP contribution in [0, 0.1) is 11.7 Å². The lowest BCUT2D eigenvalue weighted by Crippen LogP contribution is -2.29. The minimum absolute atomic E-state index is 0.147. The second kappa shape index (κ2) is 9.37. The van der Waals surface area contributed by atoms with E-state index in [9.17, 15) is 9.18 Å². The van der Waals surface area contributed by atoms with Crippen LogP contribution in [0.2, 0.25) is 0 Å². The number of benzene rings is 1. The largest absolute Gasteiger partial charge is 0.464 e. The molecule has 166 valence electrons. The summed E-state index contributed by atoms with van der Waals surface area (Å²) < 4.78 is 19.6. The third kappa shape index (κ3) is 4.26. The molecule has 0 amide bonds. The number of carbonyl (C=O) groups excluding carboxylic acids is 1. The van der Waals surface area contributed by atoms with Crippen molar-refractivity contribution in [1.29, 1.82) is 0 Å². The molecule has 3 aromatic rings. The van der Waals surface area contributed by atoms with Crippen molar-refractivity contribution in [2.24, 2.45) is 5.92 Å². The molecule has 1 saturated carbocycles. The molecule has 32 heavy (non-hydrogen) atoms. The zero-order chi connectivity index (χ0) is 21.9. The molecule has 1 aliphatic heterocycles. The van der Waals surface area contributed by atoms with Gasteiger partial charge in [0.05, 0.1) is 23.3 Å². The number of furan rings is 1. The summed E-state index contributed by atoms with van der Waals surface area (Å²) in [6.07, 6.45) is 11.9. The zero-order valence-corrected chi connectivity index (χ0v) is 18.3. The second-order valence-electron chi connectivity index (χ2n) is 9.06. The van der Waals surface area contributed by atoms with Gasteiger partial charge in [-0.1, -0.05) is 31.4 Å². The number of Topliss-reactive ketones (excluding diaryl/α,β-unsaturated/α-hetero) is 1. The molecule has 1 aliphatic carbocycles. The number of rotatable bonds is 7. The highest BCUT2D eigenvalue weighted by Gasteiger charge is 2.31. The molecule has 2 aliphatic rings. The Balaban J connectivity index is 1.27. The van der Waals surface area contributed by atoms with Crippen molar-refractivity contribution in [2.75, 3.05) is 19.6 Å². The standard InChI is InChI=1S/C27H29FN2O2/c28-24-10-9-21(27-22(24)13-17-32-27)20-11-15-30(18-20)16-12-23(25-8-4-5-14-29-25)26(31)19-6-2-1-3-7-19/h4-5,8-11,13-14,17,19,23H,1-3,6-7,12,15-16,18H2. The second-order valence-corrected chi connectivity index (χ2v) is 9.06. The predicted molar refractivity (Wildman–Crippen MR) is 124 cm³/mol. The lowest BCUT2D eigenvalue weighted by Gasteiger charge is -2.26. The molecule has 3 heterocycles. The molecule has 0 bridgehead atoms. The zero-order valence-electron chi connectivity index (χ0n) is 18.3. The summed E-state index contributed by atoms with van der Waals surface area (Å²) >= 11 is 0. The highest BCUT2D eigenvalue weighted by molar-refractivity contribution is 5.91. The van der Waals surface area contributed by atoms with Gasteiger partial charge in [-0.2, -0.15) is 0 Å². The molecule has 5 heteroatoms. The van der Waals surface area contributed by atoms with Crippen LogP contribution in [0.5, 0.6) is 0 Å². The molecule has 0 spiro atoms. The first-order chi connectivity index (χ1) is 15.7. The van der Waals surface area contributed by atoms with Crippen LogP contribution in [-0.4, -0.2) is 35.3 Å². The fourth-order valence-electron chi connectivity index (χ4n) is 5.26. The first-order valence-electron chi connectivity index (χ1n) is 11.7. The lowest BCUT2D eigenvalue weighted by atomic mass is 9.79. The fourth-order valence-corrected chi connectivity index (χ4v) is 5.26. The normalized spacial score (nSPS) is 18.7. The summed E-state index contributed by atoms with van der Waals surface area (Å²) in [6.45, 7) is 2.41. The van der Waals surface area contributed by atoms with E-state index in [1.165, 1.54) is 12.5 Å². The van der Waals surface area contributed by atoms with E-state index >= 15 is 0 Å². The van der Waals surface area contributed by atoms with Gasteiger partial charge in [0.1, 0.15) is 17.2 Å². The molecular weight excluding hydrogens is 403 g/mol. The maximum absolute atomic E-state index is 14.0. The first kappa shape index (κ1) is 21.1. The summed E-state index contributed by atoms with van der Waals surface area (Å²) in [5, 5.41) is 0.523. The van der Waals surface area contributed by atoms with Gasteiger partial charge in [-0.15, -0.1) is 0 Å². The van der Waals surface area contributed by atoms with Crippen LogP contribution >= 0.6 is 0 Å². The number of halogens is 1. The van der Waals surface area contributed by atoms with Crippen molar-refractivity contribution < 1.29 is 13.6 Å². The minimum Gasteiger partial charge on any atom is -0.464 e. The Kier molecular flexibility index (Phi) is 6.17. The van der Waals surface area contributed by atoms with Gasteiger partial charge in [0, 0.05) is 30.8 Å². The molecule has 1 fully saturated rings. The van der Waals surface area contributed by atoms with Crippen LogP contribution in [0.3, 0.4) is 0 Å². The van der Waals surface area contributed by atoms with Crippen LogP contribution in [0.25, 0.3) is 16.5 Å². The molecule has 0 radical (unpaired) electrons. The molecular formula is C27H29FN2O2. The van der Waals surface area contributed by atoms with Crippen molar-refractivity contribution in [3.8, 4) is 0 Å². The van der Waals surface area contributed by atoms with Crippen LogP contribution < -0.4 is 0 Å². The number of hydrogen-bond donors (Lipinski definition) is 0. The highest BCUT2D eigenvalue weighted by atomic mass is 19.1. The first-order valence-corrected chi connectivity index (χ1v) is 11.7. The lowest BCUT2D eigenvalue weighted by molar-refractivity contribution is -0.125. The van der Waals surface area contributed by atoms with Gasteiger partial charge in [-0.05, 0) is 61.7 Å². The van der Waals surface area contributed by atoms with Gasteiger partial charge in [-0.3, -0.25) is 14.7 Å². The Labute approximate surface area is 188 Å². The van der Waals surface area contributed by atoms with Crippen molar-refractivity contribution in [2.45, 2.75) is 44.4 Å². The molecule has 0 saturated heterocycles. The molecule has 0 N–H and O–H groups in total. The third-order valence-corrected chi connectivity index (χ3v) is 7.03. The smallest absolute Gasteiger partial charge is 0.145 e. The molecule has 1 atom stereocenters. The average Bonchev–Trinajstić information content (AvgIpc) is 3.51. The number of aromatic nitrogens is 1. The minimum atomic E-state index is -0.257. The van der Waals surface area contributed by atoms with E-state index in [0.717, 1.165) is 68.6 Å². The number of hydrogen-bond acceptors (Lipinski definition) is 4. The average molecular weight is 433 g/mol. The molecule has 1 aromatic carbocycles. The van der Waals surface area contributed by atoms with Crippen molar-refractivity contribution >= 4 is 22.3 Å². The molecule has 5 rings (SSSR count). The Morgan fingerprint density at radius 2 is 2.03 bits per heavy atom. The topological polar surface area (TPSA) is 46.3 Å². The molecule has 1 unspecified atom stereocenters. The Hall–Kier alpha value is -2.79. The van der Waals surface area contributed by atoms with Gasteiger partial charge in [0.2, 0.25) is 0 Å². The number of ketones is 1. The highest BCUT2D eigenvalue weighted by Crippen LogP contribution is 2.33. The van der Waals surface area contributed by atoms with E-state index < -0.39 is 0 Å². The van der Waals surface area contributed by atoms with E-state index in [2.05, 4.69) is 16.0 Å². The fraction of sp³-hybridized carbons (Fsp3) is 0.407. The molecule has 2 aromatic heterocycles. The summed E-state index contributed by atoms with van der Waals surface area (Å²) in [5.41, 5.74) is 3.61. The Morgan fingerprint density at radius 1 is 1.16 bits per heavy atom. The Bertz CT molecular complexity index is 1120. The summed E-state index contributed by atoms with van der Waals surface area (Å²) in [4.78, 5) is 20.3. The maximum Gasteiger partial charge on any atom is 0.145 e. The summed E-state index contributed by atoms with van der Waals surface area (Å²) in [7, 11) is 0. The van der Waals surface area contributed by atoms with Crippen molar-refractivity contribution in [3.05, 3.63) is 72.0 Å². The number of nitrogens with zero attached hydrogens (tertiary/aromatic N) is 2. The van der Waals surface area contributed by atoms with Crippen LogP contribution in [0.15, 0.2) is 59.4 Å². The number of fused-ring (bicyclic) bond motifs is 1. The Morgan fingerprint density at radius 3 is 2.84 bits per heavy atom. The predicted octanol–water partition coefficient (Wildman–Crippen LogP) is 5.99. The van der Waals surface area contributed by atoms with Crippen molar-refractivity contribution in [3.63, 3.8) is 0 Å². The SMILES string of the molecule is O=C(C1CCCCC1)C(CCN1CC=C(c2ccc(F)c3ccoc23)C1)c1ccccn1. The van der Waals surface area contributed by atoms with E-state index in [1.54, 1.807) is 24.6 Å². The molecule has 4 nitrogen and oxygen atoms in total. The van der Waals surface area contributed by atoms with Gasteiger partial charge in [0.25, 0.3) is 0 Å². The van der Waals surface area contributed by atoms with Crippen LogP contribution in [-0.2, 0) is 4.79 Å². The quantitative estimate of drug-likeness (QED) is 0.460. The van der Waals surface area contributed by atoms with E-state index in [4.69, 9.17) is 4.42 Å². The van der Waals surface area contributed by atoms with Crippen molar-refractivity contribution in [1.82, 2.24) is 9.88 Å². The monoisotopic (exact) mass is 432 g/mol. The van der Waals surface area contributed by atoms with Gasteiger partial charge < -0.3 is 4.42 Å². The van der Waals surface area contributed by atoms with E-state index in [0.29, 0.717) is 16.8 Å².